The third kappa shape index (κ3) is 4.85. The summed E-state index contributed by atoms with van der Waals surface area (Å²) < 4.78 is 6.20. The zero-order valence-corrected chi connectivity index (χ0v) is 16.9. The van der Waals surface area contributed by atoms with E-state index < -0.39 is 11.9 Å². The van der Waals surface area contributed by atoms with Crippen LogP contribution in [0.3, 0.4) is 0 Å². The highest BCUT2D eigenvalue weighted by molar-refractivity contribution is 9.10. The maximum absolute atomic E-state index is 12.4. The molecule has 0 aliphatic carbocycles. The Balaban J connectivity index is 1.76. The minimum atomic E-state index is -0.599. The van der Waals surface area contributed by atoms with E-state index in [0.717, 1.165) is 10.2 Å². The number of amides is 1. The maximum Gasteiger partial charge on any atom is 0.345 e. The zero-order chi connectivity index (χ0) is 20.1. The number of hydrogen-bond acceptors (Lipinski definition) is 5. The Labute approximate surface area is 173 Å². The molecule has 0 saturated heterocycles. The molecular formula is C19H14BrClN4O3. The number of carbonyl (C=O) groups excluding carboxylic acids is 2. The lowest BCUT2D eigenvalue weighted by atomic mass is 10.2. The minimum Gasteiger partial charge on any atom is -0.422 e. The highest BCUT2D eigenvalue weighted by Crippen LogP contribution is 2.24. The Bertz CT molecular complexity index is 1060. The number of hydrazone groups is 1. The minimum absolute atomic E-state index is 0.217. The molecule has 2 N–H and O–H groups in total. The van der Waals surface area contributed by atoms with E-state index in [-0.39, 0.29) is 17.0 Å². The molecule has 2 aromatic carbocycles. The fourth-order valence-corrected chi connectivity index (χ4v) is 2.84. The van der Waals surface area contributed by atoms with Gasteiger partial charge in [0.2, 0.25) is 0 Å². The molecule has 142 valence electrons. The fraction of sp³-hybridized carbons (Fsp3) is 0.0526. The van der Waals surface area contributed by atoms with Gasteiger partial charge in [-0.25, -0.2) is 10.2 Å². The predicted octanol–water partition coefficient (Wildman–Crippen LogP) is 4.12. The van der Waals surface area contributed by atoms with Crippen molar-refractivity contribution < 1.29 is 14.3 Å². The summed E-state index contributed by atoms with van der Waals surface area (Å²) >= 11 is 9.39. The van der Waals surface area contributed by atoms with E-state index in [9.17, 15) is 9.59 Å². The highest BCUT2D eigenvalue weighted by Gasteiger charge is 2.14. The zero-order valence-electron chi connectivity index (χ0n) is 14.6. The van der Waals surface area contributed by atoms with Crippen molar-refractivity contribution in [3.05, 3.63) is 80.5 Å². The summed E-state index contributed by atoms with van der Waals surface area (Å²) in [6, 6.07) is 13.2. The van der Waals surface area contributed by atoms with Crippen LogP contribution in [-0.4, -0.2) is 28.3 Å². The third-order valence-corrected chi connectivity index (χ3v) is 4.40. The average Bonchev–Trinajstić information content (AvgIpc) is 3.10. The number of nitrogens with zero attached hydrogens (tertiary/aromatic N) is 2. The summed E-state index contributed by atoms with van der Waals surface area (Å²) in [5.74, 6) is -0.800. The number of esters is 1. The topological polar surface area (TPSA) is 96.4 Å². The summed E-state index contributed by atoms with van der Waals surface area (Å²) in [5, 5.41) is 10.7. The first-order valence-corrected chi connectivity index (χ1v) is 9.23. The SMILES string of the molecule is Cc1cc(C(=O)N/N=C/c2cc(Br)ccc2OC(=O)c2ccccc2Cl)n[nH]1. The van der Waals surface area contributed by atoms with Crippen LogP contribution in [-0.2, 0) is 0 Å². The molecule has 0 spiro atoms. The van der Waals surface area contributed by atoms with Gasteiger partial charge in [0.05, 0.1) is 16.8 Å². The number of rotatable bonds is 5. The van der Waals surface area contributed by atoms with Gasteiger partial charge in [-0.1, -0.05) is 39.7 Å². The van der Waals surface area contributed by atoms with Crippen molar-refractivity contribution in [1.82, 2.24) is 15.6 Å². The lowest BCUT2D eigenvalue weighted by molar-refractivity contribution is 0.0734. The van der Waals surface area contributed by atoms with Gasteiger partial charge in [-0.3, -0.25) is 9.89 Å². The number of halogens is 2. The average molecular weight is 462 g/mol. The lowest BCUT2D eigenvalue weighted by Gasteiger charge is -2.09. The van der Waals surface area contributed by atoms with Gasteiger partial charge in [0, 0.05) is 15.7 Å². The summed E-state index contributed by atoms with van der Waals surface area (Å²) in [6.45, 7) is 1.79. The molecule has 1 aromatic heterocycles. The number of nitrogens with one attached hydrogen (secondary N) is 2. The van der Waals surface area contributed by atoms with Gasteiger partial charge in [0.1, 0.15) is 5.75 Å². The van der Waals surface area contributed by atoms with Crippen LogP contribution < -0.4 is 10.2 Å². The van der Waals surface area contributed by atoms with Gasteiger partial charge in [0.15, 0.2) is 5.69 Å². The quantitative estimate of drug-likeness (QED) is 0.258. The molecule has 3 aromatic rings. The maximum atomic E-state index is 12.4. The first kappa shape index (κ1) is 19.8. The number of aromatic nitrogens is 2. The van der Waals surface area contributed by atoms with Crippen LogP contribution >= 0.6 is 27.5 Å². The largest absolute Gasteiger partial charge is 0.422 e. The first-order chi connectivity index (χ1) is 13.4. The molecule has 0 aliphatic heterocycles. The molecule has 9 heteroatoms. The third-order valence-electron chi connectivity index (χ3n) is 3.58. The van der Waals surface area contributed by atoms with Gasteiger partial charge >= 0.3 is 5.97 Å². The van der Waals surface area contributed by atoms with Crippen LogP contribution in [0.5, 0.6) is 5.75 Å². The molecule has 3 rings (SSSR count). The lowest BCUT2D eigenvalue weighted by Crippen LogP contribution is -2.18. The van der Waals surface area contributed by atoms with Crippen molar-refractivity contribution in [3.63, 3.8) is 0 Å². The van der Waals surface area contributed by atoms with Gasteiger partial charge < -0.3 is 4.74 Å². The van der Waals surface area contributed by atoms with Gasteiger partial charge in [-0.15, -0.1) is 0 Å². The standard InChI is InChI=1S/C19H14BrClN4O3/c1-11-8-16(24-23-11)18(26)25-22-10-12-9-13(20)6-7-17(12)28-19(27)14-4-2-3-5-15(14)21/h2-10H,1H3,(H,23,24)(H,25,26)/b22-10+. The van der Waals surface area contributed by atoms with Crippen LogP contribution in [0.25, 0.3) is 0 Å². The Morgan fingerprint density at radius 3 is 2.75 bits per heavy atom. The van der Waals surface area contributed by atoms with Crippen LogP contribution in [0, 0.1) is 6.92 Å². The predicted molar refractivity (Wildman–Crippen MR) is 109 cm³/mol. The van der Waals surface area contributed by atoms with Crippen molar-refractivity contribution in [2.45, 2.75) is 6.92 Å². The van der Waals surface area contributed by atoms with Crippen LogP contribution in [0.4, 0.5) is 0 Å². The van der Waals surface area contributed by atoms with E-state index in [1.54, 1.807) is 55.5 Å². The highest BCUT2D eigenvalue weighted by atomic mass is 79.9. The molecule has 7 nitrogen and oxygen atoms in total. The smallest absolute Gasteiger partial charge is 0.345 e. The Hall–Kier alpha value is -2.97. The van der Waals surface area contributed by atoms with E-state index in [1.165, 1.54) is 6.21 Å². The summed E-state index contributed by atoms with van der Waals surface area (Å²) in [7, 11) is 0. The molecule has 28 heavy (non-hydrogen) atoms. The van der Waals surface area contributed by atoms with E-state index in [0.29, 0.717) is 10.6 Å². The van der Waals surface area contributed by atoms with Gasteiger partial charge in [-0.2, -0.15) is 10.2 Å². The summed E-state index contributed by atoms with van der Waals surface area (Å²) in [6.07, 6.45) is 1.37. The first-order valence-electron chi connectivity index (χ1n) is 8.05. The molecule has 0 radical (unpaired) electrons. The molecule has 1 heterocycles. The molecule has 0 unspecified atom stereocenters. The normalized spacial score (nSPS) is 10.8. The number of hydrogen-bond donors (Lipinski definition) is 2. The second-order valence-electron chi connectivity index (χ2n) is 5.69. The van der Waals surface area contributed by atoms with Crippen LogP contribution in [0.1, 0.15) is 32.1 Å². The van der Waals surface area contributed by atoms with Crippen LogP contribution in [0.15, 0.2) is 58.1 Å². The molecule has 1 amide bonds. The number of H-pyrrole nitrogens is 1. The van der Waals surface area contributed by atoms with E-state index in [2.05, 4.69) is 36.7 Å². The van der Waals surface area contributed by atoms with Crippen molar-refractivity contribution in [2.24, 2.45) is 5.10 Å². The van der Waals surface area contributed by atoms with Crippen molar-refractivity contribution in [1.29, 1.82) is 0 Å². The number of ether oxygens (including phenoxy) is 1. The van der Waals surface area contributed by atoms with Crippen LogP contribution in [0.2, 0.25) is 5.02 Å². The second kappa shape index (κ2) is 8.81. The summed E-state index contributed by atoms with van der Waals surface area (Å²) in [5.41, 5.74) is 4.08. The van der Waals surface area contributed by atoms with Crippen molar-refractivity contribution in [2.75, 3.05) is 0 Å². The number of carbonyl (C=O) groups is 2. The molecule has 0 saturated carbocycles. The van der Waals surface area contributed by atoms with E-state index >= 15 is 0 Å². The van der Waals surface area contributed by atoms with Gasteiger partial charge in [-0.05, 0) is 43.3 Å². The Morgan fingerprint density at radius 2 is 2.04 bits per heavy atom. The Kier molecular flexibility index (Phi) is 6.23. The fourth-order valence-electron chi connectivity index (χ4n) is 2.25. The molecular weight excluding hydrogens is 448 g/mol. The van der Waals surface area contributed by atoms with E-state index in [4.69, 9.17) is 16.3 Å². The number of aromatic amines is 1. The van der Waals surface area contributed by atoms with Crippen molar-refractivity contribution >= 4 is 45.6 Å². The van der Waals surface area contributed by atoms with Gasteiger partial charge in [0.25, 0.3) is 5.91 Å². The molecule has 0 fully saturated rings. The second-order valence-corrected chi connectivity index (χ2v) is 7.01. The monoisotopic (exact) mass is 460 g/mol. The van der Waals surface area contributed by atoms with E-state index in [1.807, 2.05) is 0 Å². The number of aryl methyl sites for hydroxylation is 1. The molecule has 0 aliphatic rings. The molecule has 0 bridgehead atoms. The Morgan fingerprint density at radius 1 is 1.25 bits per heavy atom. The number of benzene rings is 2. The molecule has 0 atom stereocenters. The summed E-state index contributed by atoms with van der Waals surface area (Å²) in [4.78, 5) is 24.4. The van der Waals surface area contributed by atoms with Crippen molar-refractivity contribution in [3.8, 4) is 5.75 Å².